The summed E-state index contributed by atoms with van der Waals surface area (Å²) in [7, 11) is 3.07. The van der Waals surface area contributed by atoms with Crippen LogP contribution in [0.15, 0.2) is 78.9 Å². The van der Waals surface area contributed by atoms with Crippen LogP contribution in [0.5, 0.6) is 17.2 Å². The quantitative estimate of drug-likeness (QED) is 0.286. The van der Waals surface area contributed by atoms with Crippen LogP contribution in [-0.2, 0) is 20.7 Å². The largest absolute Gasteiger partial charge is 0.493 e. The van der Waals surface area contributed by atoms with Crippen molar-refractivity contribution < 1.29 is 28.5 Å². The van der Waals surface area contributed by atoms with Gasteiger partial charge in [-0.05, 0) is 53.6 Å². The number of amides is 1. The topological polar surface area (TPSA) is 75.3 Å². The van der Waals surface area contributed by atoms with Crippen LogP contribution in [0, 0.1) is 0 Å². The van der Waals surface area contributed by atoms with E-state index in [0.29, 0.717) is 23.8 Å². The number of carbonyl (C=O) groups is 1. The lowest BCUT2D eigenvalue weighted by molar-refractivity contribution is -0.111. The number of benzene rings is 3. The predicted molar refractivity (Wildman–Crippen MR) is 131 cm³/mol. The highest BCUT2D eigenvalue weighted by molar-refractivity contribution is 6.02. The van der Waals surface area contributed by atoms with E-state index >= 15 is 0 Å². The van der Waals surface area contributed by atoms with Crippen LogP contribution in [0.4, 0.5) is 5.69 Å². The minimum atomic E-state index is -0.253. The molecule has 1 amide bonds. The molecule has 0 spiro atoms. The van der Waals surface area contributed by atoms with E-state index in [1.165, 1.54) is 25.9 Å². The second-order valence-electron chi connectivity index (χ2n) is 7.24. The van der Waals surface area contributed by atoms with Gasteiger partial charge in [0.25, 0.3) is 0 Å². The summed E-state index contributed by atoms with van der Waals surface area (Å²) < 4.78 is 26.7. The van der Waals surface area contributed by atoms with Gasteiger partial charge >= 0.3 is 0 Å². The summed E-state index contributed by atoms with van der Waals surface area (Å²) >= 11 is 0. The Hall–Kier alpha value is -3.81. The van der Waals surface area contributed by atoms with Crippen molar-refractivity contribution in [2.45, 2.75) is 6.42 Å². The Kier molecular flexibility index (Phi) is 9.98. The van der Waals surface area contributed by atoms with Crippen molar-refractivity contribution in [3.63, 3.8) is 0 Å². The molecule has 0 aromatic heterocycles. The first-order chi connectivity index (χ1) is 16.7. The van der Waals surface area contributed by atoms with E-state index in [2.05, 4.69) is 17.4 Å². The zero-order valence-electron chi connectivity index (χ0n) is 19.4. The average Bonchev–Trinajstić information content (AvgIpc) is 2.87. The Labute approximate surface area is 199 Å². The van der Waals surface area contributed by atoms with Gasteiger partial charge in [-0.3, -0.25) is 4.79 Å². The molecule has 0 aliphatic carbocycles. The molecule has 3 aromatic carbocycles. The van der Waals surface area contributed by atoms with Crippen LogP contribution < -0.4 is 19.5 Å². The summed E-state index contributed by atoms with van der Waals surface area (Å²) in [6.45, 7) is 0.755. The fraction of sp³-hybridized carbons (Fsp3) is 0.222. The summed E-state index contributed by atoms with van der Waals surface area (Å²) in [6.07, 6.45) is 3.98. The molecule has 178 valence electrons. The zero-order valence-corrected chi connectivity index (χ0v) is 19.4. The Morgan fingerprint density at radius 1 is 0.824 bits per heavy atom. The highest BCUT2D eigenvalue weighted by atomic mass is 16.7. The van der Waals surface area contributed by atoms with Gasteiger partial charge in [0.1, 0.15) is 5.75 Å². The smallest absolute Gasteiger partial charge is 0.248 e. The van der Waals surface area contributed by atoms with Gasteiger partial charge in [-0.1, -0.05) is 36.4 Å². The number of nitrogens with one attached hydrogen (secondary N) is 1. The molecule has 0 bridgehead atoms. The first kappa shape index (κ1) is 24.8. The van der Waals surface area contributed by atoms with E-state index in [1.54, 1.807) is 18.2 Å². The van der Waals surface area contributed by atoms with Crippen LogP contribution >= 0.6 is 0 Å². The number of ether oxygens (including phenoxy) is 5. The number of hydrogen-bond donors (Lipinski definition) is 1. The fourth-order valence-corrected chi connectivity index (χ4v) is 3.03. The first-order valence-corrected chi connectivity index (χ1v) is 10.8. The van der Waals surface area contributed by atoms with Crippen LogP contribution in [0.25, 0.3) is 6.08 Å². The van der Waals surface area contributed by atoms with Gasteiger partial charge in [-0.15, -0.1) is 0 Å². The molecule has 0 fully saturated rings. The van der Waals surface area contributed by atoms with Gasteiger partial charge < -0.3 is 29.0 Å². The van der Waals surface area contributed by atoms with E-state index in [0.717, 1.165) is 17.7 Å². The molecule has 7 heteroatoms. The molecule has 0 aliphatic rings. The molecule has 0 unspecified atom stereocenters. The van der Waals surface area contributed by atoms with Crippen LogP contribution in [-0.4, -0.2) is 40.3 Å². The van der Waals surface area contributed by atoms with E-state index in [-0.39, 0.29) is 19.5 Å². The maximum Gasteiger partial charge on any atom is 0.248 e. The monoisotopic (exact) mass is 463 g/mol. The number of carbonyl (C=O) groups excluding carboxylic acids is 1. The van der Waals surface area contributed by atoms with Gasteiger partial charge in [0.05, 0.1) is 6.61 Å². The molecule has 3 aromatic rings. The minimum absolute atomic E-state index is 0.0724. The van der Waals surface area contributed by atoms with Crippen molar-refractivity contribution >= 4 is 17.7 Å². The fourth-order valence-electron chi connectivity index (χ4n) is 3.03. The third kappa shape index (κ3) is 8.27. The molecule has 3 rings (SSSR count). The lowest BCUT2D eigenvalue weighted by Crippen LogP contribution is -2.08. The van der Waals surface area contributed by atoms with E-state index < -0.39 is 0 Å². The van der Waals surface area contributed by atoms with Crippen molar-refractivity contribution in [2.75, 3.05) is 39.7 Å². The van der Waals surface area contributed by atoms with Crippen molar-refractivity contribution in [2.24, 2.45) is 0 Å². The van der Waals surface area contributed by atoms with Gasteiger partial charge in [0.2, 0.25) is 5.91 Å². The van der Waals surface area contributed by atoms with Crippen LogP contribution in [0.2, 0.25) is 0 Å². The van der Waals surface area contributed by atoms with E-state index in [9.17, 15) is 4.79 Å². The molecule has 0 aliphatic heterocycles. The summed E-state index contributed by atoms with van der Waals surface area (Å²) in [5.41, 5.74) is 2.68. The highest BCUT2D eigenvalue weighted by Crippen LogP contribution is 2.29. The zero-order chi connectivity index (χ0) is 24.0. The second kappa shape index (κ2) is 13.7. The molecule has 0 saturated carbocycles. The first-order valence-electron chi connectivity index (χ1n) is 10.8. The Bertz CT molecular complexity index is 1050. The summed E-state index contributed by atoms with van der Waals surface area (Å²) in [6, 6.07) is 22.8. The van der Waals surface area contributed by atoms with Crippen LogP contribution in [0.3, 0.4) is 0 Å². The lowest BCUT2D eigenvalue weighted by atomic mass is 10.2. The number of rotatable bonds is 13. The third-order valence-electron chi connectivity index (χ3n) is 4.68. The van der Waals surface area contributed by atoms with Crippen molar-refractivity contribution in [1.29, 1.82) is 0 Å². The summed E-state index contributed by atoms with van der Waals surface area (Å²) in [5.74, 6) is 1.51. The molecule has 0 radical (unpaired) electrons. The molecule has 34 heavy (non-hydrogen) atoms. The molecule has 7 nitrogen and oxygen atoms in total. The van der Waals surface area contributed by atoms with Gasteiger partial charge in [-0.2, -0.15) is 0 Å². The number of methoxy groups -OCH3 is 2. The Morgan fingerprint density at radius 2 is 1.53 bits per heavy atom. The SMILES string of the molecule is COCOc1ccc(/C=C/C(=O)Nc2ccc(OCCc3ccccc3)cc2)cc1OCOC. The van der Waals surface area contributed by atoms with E-state index in [4.69, 9.17) is 23.7 Å². The molecule has 0 heterocycles. The summed E-state index contributed by atoms with van der Waals surface area (Å²) in [5, 5.41) is 2.84. The van der Waals surface area contributed by atoms with Gasteiger partial charge in [0, 0.05) is 32.4 Å². The minimum Gasteiger partial charge on any atom is -0.493 e. The average molecular weight is 464 g/mol. The van der Waals surface area contributed by atoms with E-state index in [1.807, 2.05) is 48.5 Å². The van der Waals surface area contributed by atoms with Gasteiger partial charge in [-0.25, -0.2) is 0 Å². The number of anilines is 1. The maximum atomic E-state index is 12.3. The highest BCUT2D eigenvalue weighted by Gasteiger charge is 2.07. The van der Waals surface area contributed by atoms with Crippen LogP contribution in [0.1, 0.15) is 11.1 Å². The van der Waals surface area contributed by atoms with Crippen molar-refractivity contribution in [3.8, 4) is 17.2 Å². The van der Waals surface area contributed by atoms with Crippen molar-refractivity contribution in [1.82, 2.24) is 0 Å². The predicted octanol–water partition coefficient (Wildman–Crippen LogP) is 4.93. The molecule has 1 N–H and O–H groups in total. The normalized spacial score (nSPS) is 10.8. The maximum absolute atomic E-state index is 12.3. The molecule has 0 saturated heterocycles. The standard InChI is InChI=1S/C27H29NO6/c1-30-19-33-25-14-8-22(18-26(25)34-20-31-2)9-15-27(29)28-23-10-12-24(13-11-23)32-17-16-21-6-4-3-5-7-21/h3-15,18H,16-17,19-20H2,1-2H3,(H,28,29)/b15-9+. The molecule has 0 atom stereocenters. The Balaban J connectivity index is 1.51. The van der Waals surface area contributed by atoms with Crippen molar-refractivity contribution in [3.05, 3.63) is 90.0 Å². The number of hydrogen-bond acceptors (Lipinski definition) is 6. The second-order valence-corrected chi connectivity index (χ2v) is 7.24. The Morgan fingerprint density at radius 3 is 2.24 bits per heavy atom. The molecular weight excluding hydrogens is 434 g/mol. The van der Waals surface area contributed by atoms with Gasteiger partial charge in [0.15, 0.2) is 25.1 Å². The lowest BCUT2D eigenvalue weighted by Gasteiger charge is -2.12. The summed E-state index contributed by atoms with van der Waals surface area (Å²) in [4.78, 5) is 12.3. The molecular formula is C27H29NO6. The third-order valence-corrected chi connectivity index (χ3v) is 4.68.